The fourth-order valence-electron chi connectivity index (χ4n) is 1.30. The highest BCUT2D eigenvalue weighted by Crippen LogP contribution is 2.17. The van der Waals surface area contributed by atoms with E-state index in [1.807, 2.05) is 0 Å². The van der Waals surface area contributed by atoms with Crippen LogP contribution in [0, 0.1) is 11.6 Å². The zero-order chi connectivity index (χ0) is 11.0. The van der Waals surface area contributed by atoms with Crippen molar-refractivity contribution in [2.45, 2.75) is 0 Å². The summed E-state index contributed by atoms with van der Waals surface area (Å²) in [6, 6.07) is 4.80. The average Bonchev–Trinajstić information content (AvgIpc) is 2.52. The molecule has 1 N–H and O–H groups in total. The van der Waals surface area contributed by atoms with Gasteiger partial charge in [-0.1, -0.05) is 0 Å². The number of rotatable bonds is 1. The lowest BCUT2D eigenvalue weighted by molar-refractivity contribution is 0.509. The third-order valence-electron chi connectivity index (χ3n) is 2.12. The average molecular weight is 210 g/mol. The van der Waals surface area contributed by atoms with E-state index >= 15 is 0 Å². The van der Waals surface area contributed by atoms with Gasteiger partial charge in [0.05, 0.1) is 5.69 Å². The van der Waals surface area contributed by atoms with Crippen LogP contribution >= 0.6 is 0 Å². The molecule has 0 atom stereocenters. The molecule has 0 spiro atoms. The van der Waals surface area contributed by atoms with Crippen molar-refractivity contribution in [1.29, 1.82) is 0 Å². The number of aromatic nitrogens is 2. The van der Waals surface area contributed by atoms with Crippen molar-refractivity contribution in [3.63, 3.8) is 0 Å². The number of nitrogens with zero attached hydrogens (tertiary/aromatic N) is 1. The summed E-state index contributed by atoms with van der Waals surface area (Å²) in [4.78, 5) is 11.1. The number of hydrogen-bond donors (Lipinski definition) is 1. The molecule has 1 aromatic carbocycles. The lowest BCUT2D eigenvalue weighted by atomic mass is 10.1. The van der Waals surface area contributed by atoms with E-state index in [1.165, 1.54) is 16.8 Å². The quantitative estimate of drug-likeness (QED) is 0.763. The van der Waals surface area contributed by atoms with E-state index in [2.05, 4.69) is 5.10 Å². The number of nitrogens with one attached hydrogen (secondary N) is 1. The summed E-state index contributed by atoms with van der Waals surface area (Å²) in [5, 5.41) is 2.72. The normalized spacial score (nSPS) is 10.6. The lowest BCUT2D eigenvalue weighted by Gasteiger charge is -1.98. The van der Waals surface area contributed by atoms with Gasteiger partial charge < -0.3 is 0 Å². The molecule has 0 aliphatic heterocycles. The first-order chi connectivity index (χ1) is 7.08. The first-order valence-corrected chi connectivity index (χ1v) is 4.29. The Morgan fingerprint density at radius 2 is 1.93 bits per heavy atom. The summed E-state index contributed by atoms with van der Waals surface area (Å²) in [6.45, 7) is 0. The van der Waals surface area contributed by atoms with Crippen molar-refractivity contribution >= 4 is 0 Å². The first kappa shape index (κ1) is 9.64. The molecule has 0 radical (unpaired) electrons. The van der Waals surface area contributed by atoms with E-state index in [-0.39, 0.29) is 5.56 Å². The molecule has 2 aromatic rings. The van der Waals surface area contributed by atoms with Gasteiger partial charge in [-0.05, 0) is 18.2 Å². The molecule has 0 saturated heterocycles. The Morgan fingerprint density at radius 3 is 2.47 bits per heavy atom. The zero-order valence-electron chi connectivity index (χ0n) is 7.92. The van der Waals surface area contributed by atoms with E-state index in [9.17, 15) is 13.6 Å². The van der Waals surface area contributed by atoms with Gasteiger partial charge in [-0.25, -0.2) is 8.78 Å². The van der Waals surface area contributed by atoms with Crippen molar-refractivity contribution in [2.24, 2.45) is 7.05 Å². The second kappa shape index (κ2) is 3.34. The number of benzene rings is 1. The molecule has 1 aromatic heterocycles. The zero-order valence-corrected chi connectivity index (χ0v) is 7.92. The molecular weight excluding hydrogens is 202 g/mol. The van der Waals surface area contributed by atoms with Crippen LogP contribution in [0.15, 0.2) is 29.1 Å². The second-order valence-electron chi connectivity index (χ2n) is 3.20. The maximum absolute atomic E-state index is 12.9. The minimum Gasteiger partial charge on any atom is -0.295 e. The van der Waals surface area contributed by atoms with Gasteiger partial charge in [-0.3, -0.25) is 14.6 Å². The minimum atomic E-state index is -0.933. The SMILES string of the molecule is Cn1[nH]c(-c2ccc(F)c(F)c2)cc1=O. The van der Waals surface area contributed by atoms with Gasteiger partial charge in [-0.15, -0.1) is 0 Å². The Balaban J connectivity index is 2.54. The molecule has 1 heterocycles. The van der Waals surface area contributed by atoms with E-state index in [1.54, 1.807) is 7.05 Å². The highest BCUT2D eigenvalue weighted by atomic mass is 19.2. The molecule has 0 aliphatic rings. The smallest absolute Gasteiger partial charge is 0.266 e. The first-order valence-electron chi connectivity index (χ1n) is 4.29. The Morgan fingerprint density at radius 1 is 1.20 bits per heavy atom. The fourth-order valence-corrected chi connectivity index (χ4v) is 1.30. The Hall–Kier alpha value is -1.91. The van der Waals surface area contributed by atoms with Crippen LogP contribution in [0.3, 0.4) is 0 Å². The summed E-state index contributed by atoms with van der Waals surface area (Å²) in [5.74, 6) is -1.84. The number of hydrogen-bond acceptors (Lipinski definition) is 1. The monoisotopic (exact) mass is 210 g/mol. The Kier molecular flexibility index (Phi) is 2.15. The summed E-state index contributed by atoms with van der Waals surface area (Å²) in [5.41, 5.74) is 0.669. The predicted octanol–water partition coefficient (Wildman–Crippen LogP) is 1.66. The van der Waals surface area contributed by atoms with Crippen molar-refractivity contribution in [1.82, 2.24) is 9.78 Å². The van der Waals surface area contributed by atoms with Crippen LogP contribution in [0.2, 0.25) is 0 Å². The molecule has 0 fully saturated rings. The molecule has 0 amide bonds. The molecule has 0 bridgehead atoms. The Bertz CT molecular complexity index is 557. The number of halogens is 2. The van der Waals surface area contributed by atoms with Crippen molar-refractivity contribution in [3.8, 4) is 11.3 Å². The van der Waals surface area contributed by atoms with Crippen LogP contribution in [0.25, 0.3) is 11.3 Å². The van der Waals surface area contributed by atoms with Gasteiger partial charge in [0.15, 0.2) is 11.6 Å². The fraction of sp³-hybridized carbons (Fsp3) is 0.100. The van der Waals surface area contributed by atoms with Crippen LogP contribution in [0.4, 0.5) is 8.78 Å². The standard InChI is InChI=1S/C10H8F2N2O/c1-14-10(15)5-9(13-14)6-2-3-7(11)8(12)4-6/h2-5,13H,1H3. The molecule has 0 aliphatic carbocycles. The molecule has 3 nitrogen and oxygen atoms in total. The molecule has 2 rings (SSSR count). The summed E-state index contributed by atoms with van der Waals surface area (Å²) in [7, 11) is 1.55. The van der Waals surface area contributed by atoms with Crippen molar-refractivity contribution in [2.75, 3.05) is 0 Å². The van der Waals surface area contributed by atoms with Crippen molar-refractivity contribution in [3.05, 3.63) is 46.3 Å². The van der Waals surface area contributed by atoms with E-state index in [0.29, 0.717) is 11.3 Å². The second-order valence-corrected chi connectivity index (χ2v) is 3.20. The van der Waals surface area contributed by atoms with Crippen molar-refractivity contribution < 1.29 is 8.78 Å². The maximum Gasteiger partial charge on any atom is 0.266 e. The maximum atomic E-state index is 12.9. The summed E-state index contributed by atoms with van der Waals surface area (Å²) in [6.07, 6.45) is 0. The molecule has 5 heteroatoms. The largest absolute Gasteiger partial charge is 0.295 e. The van der Waals surface area contributed by atoms with Gasteiger partial charge >= 0.3 is 0 Å². The molecule has 78 valence electrons. The Labute approximate surface area is 84.0 Å². The van der Waals surface area contributed by atoms with Gasteiger partial charge in [0.2, 0.25) is 0 Å². The van der Waals surface area contributed by atoms with Gasteiger partial charge in [0, 0.05) is 18.7 Å². The molecule has 15 heavy (non-hydrogen) atoms. The minimum absolute atomic E-state index is 0.227. The number of aryl methyl sites for hydroxylation is 1. The molecule has 0 unspecified atom stereocenters. The number of H-pyrrole nitrogens is 1. The van der Waals surface area contributed by atoms with E-state index in [0.717, 1.165) is 12.1 Å². The van der Waals surface area contributed by atoms with E-state index < -0.39 is 11.6 Å². The third kappa shape index (κ3) is 1.68. The van der Waals surface area contributed by atoms with E-state index in [4.69, 9.17) is 0 Å². The van der Waals surface area contributed by atoms with Crippen LogP contribution in [0.1, 0.15) is 0 Å². The third-order valence-corrected chi connectivity index (χ3v) is 2.12. The number of aromatic amines is 1. The predicted molar refractivity (Wildman–Crippen MR) is 51.4 cm³/mol. The highest BCUT2D eigenvalue weighted by Gasteiger charge is 2.06. The summed E-state index contributed by atoms with van der Waals surface area (Å²) >= 11 is 0. The topological polar surface area (TPSA) is 37.8 Å². The van der Waals surface area contributed by atoms with Crippen LogP contribution in [-0.4, -0.2) is 9.78 Å². The van der Waals surface area contributed by atoms with Gasteiger partial charge in [0.25, 0.3) is 5.56 Å². The van der Waals surface area contributed by atoms with Crippen LogP contribution in [0.5, 0.6) is 0 Å². The van der Waals surface area contributed by atoms with Crippen LogP contribution in [-0.2, 0) is 7.05 Å². The van der Waals surface area contributed by atoms with Gasteiger partial charge in [0.1, 0.15) is 0 Å². The summed E-state index contributed by atoms with van der Waals surface area (Å²) < 4.78 is 26.8. The molecular formula is C10H8F2N2O. The van der Waals surface area contributed by atoms with Gasteiger partial charge in [-0.2, -0.15) is 0 Å². The molecule has 0 saturated carbocycles. The van der Waals surface area contributed by atoms with Crippen LogP contribution < -0.4 is 5.56 Å². The highest BCUT2D eigenvalue weighted by molar-refractivity contribution is 5.58. The lowest BCUT2D eigenvalue weighted by Crippen LogP contribution is -2.09.